The number of nitrogens with two attached hydrogens (primary N) is 1. The second-order valence-corrected chi connectivity index (χ2v) is 10.7. The zero-order valence-corrected chi connectivity index (χ0v) is 21.6. The minimum Gasteiger partial charge on any atom is -0.505 e. The predicted molar refractivity (Wildman–Crippen MR) is 142 cm³/mol. The van der Waals surface area contributed by atoms with E-state index in [4.69, 9.17) is 33.9 Å². The van der Waals surface area contributed by atoms with Crippen molar-refractivity contribution in [1.82, 2.24) is 24.3 Å². The summed E-state index contributed by atoms with van der Waals surface area (Å²) in [4.78, 5) is 31.9. The Labute approximate surface area is 223 Å². The number of phenolic OH excluding ortho intramolecular Hbond substituents is 1. The summed E-state index contributed by atoms with van der Waals surface area (Å²) in [6.07, 6.45) is 12.4. The first kappa shape index (κ1) is 23.9. The topological polar surface area (TPSA) is 131 Å². The number of hydrogen-bond acceptors (Lipinski definition) is 7. The Morgan fingerprint density at radius 3 is 2.76 bits per heavy atom. The number of anilines is 2. The van der Waals surface area contributed by atoms with E-state index in [1.807, 2.05) is 16.8 Å². The molecule has 6 rings (SSSR count). The molecule has 1 atom stereocenters. The lowest BCUT2D eigenvalue weighted by molar-refractivity contribution is -0.119. The number of imidazole rings is 1. The molecule has 3 aromatic heterocycles. The molecule has 1 aliphatic carbocycles. The fraction of sp³-hybridized carbons (Fsp3) is 0.346. The molecule has 0 saturated heterocycles. The molecule has 2 aliphatic rings. The number of nitrogens with one attached hydrogen (secondary N) is 1. The minimum atomic E-state index is -1.33. The first-order valence-corrected chi connectivity index (χ1v) is 13.0. The molecule has 1 aromatic carbocycles. The Kier molecular flexibility index (Phi) is 5.72. The lowest BCUT2D eigenvalue weighted by Gasteiger charge is -2.25. The number of hydrogen-bond donors (Lipinski definition) is 3. The molecular formula is C26H25Cl2N7O2. The van der Waals surface area contributed by atoms with Gasteiger partial charge in [-0.2, -0.15) is 0 Å². The number of aromatic hydroxyl groups is 1. The van der Waals surface area contributed by atoms with Gasteiger partial charge in [-0.25, -0.2) is 19.9 Å². The van der Waals surface area contributed by atoms with Gasteiger partial charge in [0.15, 0.2) is 17.2 Å². The SMILES string of the molecule is C[C@@]1(c2ccc(Cl)c(O)c2Cl)C(=O)Nc2nc(-c3cn4ccnc4c(CC4CCCCC4)n3)nc(N)c21. The van der Waals surface area contributed by atoms with Crippen LogP contribution in [0.25, 0.3) is 17.2 Å². The van der Waals surface area contributed by atoms with Crippen molar-refractivity contribution in [3.8, 4) is 17.3 Å². The summed E-state index contributed by atoms with van der Waals surface area (Å²) in [7, 11) is 0. The third-order valence-electron chi connectivity index (χ3n) is 7.61. The van der Waals surface area contributed by atoms with E-state index in [0.717, 1.165) is 17.8 Å². The van der Waals surface area contributed by atoms with Crippen molar-refractivity contribution >= 4 is 46.4 Å². The molecule has 4 heterocycles. The Morgan fingerprint density at radius 2 is 1.97 bits per heavy atom. The van der Waals surface area contributed by atoms with Gasteiger partial charge in [0, 0.05) is 18.6 Å². The van der Waals surface area contributed by atoms with Gasteiger partial charge in [0.1, 0.15) is 22.7 Å². The van der Waals surface area contributed by atoms with Crippen molar-refractivity contribution in [3.05, 3.63) is 57.6 Å². The van der Waals surface area contributed by atoms with Crippen LogP contribution in [0.2, 0.25) is 10.0 Å². The first-order chi connectivity index (χ1) is 17.8. The van der Waals surface area contributed by atoms with Gasteiger partial charge in [-0.05, 0) is 30.9 Å². The number of benzene rings is 1. The number of carbonyl (C=O) groups is 1. The molecule has 4 aromatic rings. The van der Waals surface area contributed by atoms with Gasteiger partial charge in [-0.15, -0.1) is 0 Å². The van der Waals surface area contributed by atoms with Crippen LogP contribution in [0.3, 0.4) is 0 Å². The summed E-state index contributed by atoms with van der Waals surface area (Å²) < 4.78 is 1.92. The molecule has 0 spiro atoms. The quantitative estimate of drug-likeness (QED) is 0.327. The zero-order chi connectivity index (χ0) is 25.9. The maximum absolute atomic E-state index is 13.3. The molecule has 1 fully saturated rings. The summed E-state index contributed by atoms with van der Waals surface area (Å²) in [5, 5.41) is 13.2. The van der Waals surface area contributed by atoms with Gasteiger partial charge in [-0.3, -0.25) is 4.79 Å². The van der Waals surface area contributed by atoms with E-state index in [1.165, 1.54) is 38.2 Å². The number of rotatable bonds is 4. The van der Waals surface area contributed by atoms with Gasteiger partial charge in [0.05, 0.1) is 21.3 Å². The molecule has 1 aliphatic heterocycles. The van der Waals surface area contributed by atoms with Crippen molar-refractivity contribution in [2.45, 2.75) is 50.9 Å². The smallest absolute Gasteiger partial charge is 0.240 e. The van der Waals surface area contributed by atoms with Gasteiger partial charge in [-0.1, -0.05) is 61.4 Å². The average molecular weight is 538 g/mol. The van der Waals surface area contributed by atoms with E-state index in [0.29, 0.717) is 28.6 Å². The molecule has 11 heteroatoms. The first-order valence-electron chi connectivity index (χ1n) is 12.3. The molecule has 0 radical (unpaired) electrons. The predicted octanol–water partition coefficient (Wildman–Crippen LogP) is 5.16. The third-order valence-corrected chi connectivity index (χ3v) is 8.30. The van der Waals surface area contributed by atoms with Crippen molar-refractivity contribution < 1.29 is 9.90 Å². The molecule has 0 unspecified atom stereocenters. The fourth-order valence-electron chi connectivity index (χ4n) is 5.61. The van der Waals surface area contributed by atoms with E-state index >= 15 is 0 Å². The number of aromatic nitrogens is 5. The van der Waals surface area contributed by atoms with E-state index in [2.05, 4.69) is 20.3 Å². The summed E-state index contributed by atoms with van der Waals surface area (Å²) in [6, 6.07) is 3.08. The molecule has 1 amide bonds. The Morgan fingerprint density at radius 1 is 1.19 bits per heavy atom. The minimum absolute atomic E-state index is 0.0268. The van der Waals surface area contributed by atoms with Crippen molar-refractivity contribution in [1.29, 1.82) is 0 Å². The monoisotopic (exact) mass is 537 g/mol. The lowest BCUT2D eigenvalue weighted by Crippen LogP contribution is -2.33. The van der Waals surface area contributed by atoms with Crippen LogP contribution < -0.4 is 11.1 Å². The largest absolute Gasteiger partial charge is 0.505 e. The van der Waals surface area contributed by atoms with Crippen LogP contribution in [-0.4, -0.2) is 35.4 Å². The van der Waals surface area contributed by atoms with Crippen molar-refractivity contribution in [2.75, 3.05) is 11.1 Å². The number of fused-ring (bicyclic) bond motifs is 2. The molecule has 1 saturated carbocycles. The summed E-state index contributed by atoms with van der Waals surface area (Å²) >= 11 is 12.4. The van der Waals surface area contributed by atoms with Gasteiger partial charge >= 0.3 is 0 Å². The maximum atomic E-state index is 13.3. The maximum Gasteiger partial charge on any atom is 0.240 e. The number of nitrogen functional groups attached to an aromatic ring is 1. The molecule has 190 valence electrons. The van der Waals surface area contributed by atoms with Crippen LogP contribution >= 0.6 is 23.2 Å². The zero-order valence-electron chi connectivity index (χ0n) is 20.1. The number of phenols is 1. The third kappa shape index (κ3) is 3.79. The summed E-state index contributed by atoms with van der Waals surface area (Å²) in [5.41, 5.74) is 8.12. The number of amides is 1. The summed E-state index contributed by atoms with van der Waals surface area (Å²) in [6.45, 7) is 1.67. The fourth-order valence-corrected chi connectivity index (χ4v) is 6.17. The highest BCUT2D eigenvalue weighted by Gasteiger charge is 2.49. The van der Waals surface area contributed by atoms with Gasteiger partial charge in [0.2, 0.25) is 5.91 Å². The van der Waals surface area contributed by atoms with E-state index < -0.39 is 5.41 Å². The standard InChI is InChI=1S/C26H25Cl2N7O2/c1-26(14-7-8-15(27)20(36)19(14)28)18-21(29)32-22(33-23(18)34-25(26)37)17-12-35-10-9-30-24(35)16(31-17)11-13-5-3-2-4-6-13/h7-10,12-13,36H,2-6,11H2,1H3,(H3,29,32,33,34,37)/t26-/m0/s1. The Bertz CT molecular complexity index is 1560. The average Bonchev–Trinajstić information content (AvgIpc) is 3.46. The highest BCUT2D eigenvalue weighted by atomic mass is 35.5. The molecular weight excluding hydrogens is 513 g/mol. The van der Waals surface area contributed by atoms with Crippen LogP contribution in [0.4, 0.5) is 11.6 Å². The van der Waals surface area contributed by atoms with Gasteiger partial charge in [0.25, 0.3) is 0 Å². The second-order valence-electron chi connectivity index (χ2n) is 9.93. The highest BCUT2D eigenvalue weighted by Crippen LogP contribution is 2.49. The number of carbonyl (C=O) groups excluding carboxylic acids is 1. The summed E-state index contributed by atoms with van der Waals surface area (Å²) in [5.74, 6) is 0.576. The Hall–Kier alpha value is -3.43. The second kappa shape index (κ2) is 8.85. The number of halogens is 2. The normalized spacial score (nSPS) is 19.8. The van der Waals surface area contributed by atoms with Crippen LogP contribution in [0, 0.1) is 5.92 Å². The Balaban J connectivity index is 1.45. The highest BCUT2D eigenvalue weighted by molar-refractivity contribution is 6.38. The van der Waals surface area contributed by atoms with Gasteiger partial charge < -0.3 is 20.6 Å². The van der Waals surface area contributed by atoms with E-state index in [-0.39, 0.29) is 33.3 Å². The van der Waals surface area contributed by atoms with Crippen LogP contribution in [0.15, 0.2) is 30.7 Å². The van der Waals surface area contributed by atoms with Crippen molar-refractivity contribution in [2.24, 2.45) is 5.92 Å². The van der Waals surface area contributed by atoms with Crippen LogP contribution in [0.5, 0.6) is 5.75 Å². The lowest BCUT2D eigenvalue weighted by atomic mass is 9.77. The van der Waals surface area contributed by atoms with E-state index in [9.17, 15) is 9.90 Å². The van der Waals surface area contributed by atoms with E-state index in [1.54, 1.807) is 19.2 Å². The molecule has 0 bridgehead atoms. The number of nitrogens with zero attached hydrogens (tertiary/aromatic N) is 5. The molecule has 4 N–H and O–H groups in total. The van der Waals surface area contributed by atoms with Crippen LogP contribution in [0.1, 0.15) is 55.8 Å². The molecule has 37 heavy (non-hydrogen) atoms. The van der Waals surface area contributed by atoms with Crippen LogP contribution in [-0.2, 0) is 16.6 Å². The molecule has 9 nitrogen and oxygen atoms in total. The van der Waals surface area contributed by atoms with Crippen molar-refractivity contribution in [3.63, 3.8) is 0 Å².